The first-order valence-electron chi connectivity index (χ1n) is 6.21. The van der Waals surface area contributed by atoms with Crippen molar-refractivity contribution in [3.63, 3.8) is 0 Å². The van der Waals surface area contributed by atoms with E-state index in [1.54, 1.807) is 20.0 Å². The number of nitrogens with zero attached hydrogens (tertiary/aromatic N) is 1. The van der Waals surface area contributed by atoms with Gasteiger partial charge in [0.1, 0.15) is 0 Å². The largest absolute Gasteiger partial charge is 0.399 e. The molecule has 0 aliphatic heterocycles. The van der Waals surface area contributed by atoms with E-state index < -0.39 is 10.0 Å². The highest BCUT2D eigenvalue weighted by Gasteiger charge is 2.23. The van der Waals surface area contributed by atoms with Crippen LogP contribution >= 0.6 is 0 Å². The van der Waals surface area contributed by atoms with Crippen LogP contribution in [0.15, 0.2) is 17.0 Å². The number of hydrogen-bond acceptors (Lipinski definition) is 4. The number of nitrogens with two attached hydrogens (primary N) is 1. The van der Waals surface area contributed by atoms with Crippen LogP contribution in [-0.2, 0) is 14.8 Å². The van der Waals surface area contributed by atoms with E-state index >= 15 is 0 Å². The van der Waals surface area contributed by atoms with Crippen molar-refractivity contribution in [2.45, 2.75) is 25.7 Å². The van der Waals surface area contributed by atoms with Gasteiger partial charge < -0.3 is 10.5 Å². The Morgan fingerprint density at radius 2 is 1.95 bits per heavy atom. The molecule has 2 N–H and O–H groups in total. The fourth-order valence-corrected chi connectivity index (χ4v) is 3.23. The van der Waals surface area contributed by atoms with Gasteiger partial charge in [0.05, 0.1) is 11.5 Å². The summed E-state index contributed by atoms with van der Waals surface area (Å²) in [6.07, 6.45) is 0. The number of hydrogen-bond donors (Lipinski definition) is 1. The summed E-state index contributed by atoms with van der Waals surface area (Å²) in [4.78, 5) is 0.268. The molecule has 6 heteroatoms. The lowest BCUT2D eigenvalue weighted by molar-refractivity contribution is 0.138. The van der Waals surface area contributed by atoms with E-state index in [1.165, 1.54) is 10.4 Å². The molecule has 19 heavy (non-hydrogen) atoms. The molecule has 0 atom stereocenters. The topological polar surface area (TPSA) is 72.6 Å². The van der Waals surface area contributed by atoms with Crippen LogP contribution < -0.4 is 5.73 Å². The van der Waals surface area contributed by atoms with E-state index in [9.17, 15) is 8.42 Å². The Morgan fingerprint density at radius 1 is 1.32 bits per heavy atom. The lowest BCUT2D eigenvalue weighted by Gasteiger charge is -2.19. The number of rotatable bonds is 6. The summed E-state index contributed by atoms with van der Waals surface area (Å²) in [6, 6.07) is 3.28. The van der Waals surface area contributed by atoms with Crippen molar-refractivity contribution >= 4 is 15.7 Å². The summed E-state index contributed by atoms with van der Waals surface area (Å²) < 4.78 is 31.4. The standard InChI is InChI=1S/C13H22N2O3S/c1-5-18-7-6-15(4)19(16,17)13-9-12(14)8-10(2)11(13)3/h8-9H,5-7,14H2,1-4H3. The molecule has 0 spiro atoms. The maximum atomic E-state index is 12.5. The van der Waals surface area contributed by atoms with Crippen molar-refractivity contribution in [3.05, 3.63) is 23.3 Å². The fraction of sp³-hybridized carbons (Fsp3) is 0.538. The van der Waals surface area contributed by atoms with Gasteiger partial charge in [-0.1, -0.05) is 0 Å². The zero-order valence-electron chi connectivity index (χ0n) is 11.9. The zero-order chi connectivity index (χ0) is 14.6. The van der Waals surface area contributed by atoms with Crippen molar-refractivity contribution in [1.29, 1.82) is 0 Å². The van der Waals surface area contributed by atoms with Gasteiger partial charge in [0, 0.05) is 25.9 Å². The maximum absolute atomic E-state index is 12.5. The molecule has 0 bridgehead atoms. The molecule has 0 aliphatic rings. The summed E-state index contributed by atoms with van der Waals surface area (Å²) in [6.45, 7) is 6.79. The van der Waals surface area contributed by atoms with Crippen molar-refractivity contribution in [2.75, 3.05) is 32.5 Å². The molecular weight excluding hydrogens is 264 g/mol. The molecule has 1 aromatic rings. The first-order valence-corrected chi connectivity index (χ1v) is 7.65. The van der Waals surface area contributed by atoms with Crippen molar-refractivity contribution in [1.82, 2.24) is 4.31 Å². The number of likely N-dealkylation sites (N-methyl/N-ethyl adjacent to an activating group) is 1. The minimum Gasteiger partial charge on any atom is -0.399 e. The zero-order valence-corrected chi connectivity index (χ0v) is 12.8. The third-order valence-electron chi connectivity index (χ3n) is 3.08. The van der Waals surface area contributed by atoms with Gasteiger partial charge in [-0.15, -0.1) is 0 Å². The molecule has 1 rings (SSSR count). The van der Waals surface area contributed by atoms with Gasteiger partial charge in [-0.05, 0) is 44.0 Å². The van der Waals surface area contributed by atoms with E-state index in [2.05, 4.69) is 0 Å². The van der Waals surface area contributed by atoms with Gasteiger partial charge >= 0.3 is 0 Å². The maximum Gasteiger partial charge on any atom is 0.243 e. The Labute approximate surface area is 115 Å². The van der Waals surface area contributed by atoms with Crippen molar-refractivity contribution < 1.29 is 13.2 Å². The van der Waals surface area contributed by atoms with Crippen LogP contribution in [0.2, 0.25) is 0 Å². The molecule has 1 aromatic carbocycles. The molecule has 0 aliphatic carbocycles. The highest BCUT2D eigenvalue weighted by atomic mass is 32.2. The SMILES string of the molecule is CCOCCN(C)S(=O)(=O)c1cc(N)cc(C)c1C. The molecule has 0 saturated carbocycles. The van der Waals surface area contributed by atoms with Crippen LogP contribution in [-0.4, -0.2) is 39.5 Å². The van der Waals surface area contributed by atoms with E-state index in [0.29, 0.717) is 25.4 Å². The Hall–Kier alpha value is -1.11. The molecule has 5 nitrogen and oxygen atoms in total. The Kier molecular flexibility index (Phi) is 5.34. The van der Waals surface area contributed by atoms with E-state index in [-0.39, 0.29) is 4.90 Å². The second-order valence-corrected chi connectivity index (χ2v) is 6.50. The Balaban J connectivity index is 3.06. The lowest BCUT2D eigenvalue weighted by atomic mass is 10.1. The van der Waals surface area contributed by atoms with Gasteiger partial charge in [-0.25, -0.2) is 8.42 Å². The van der Waals surface area contributed by atoms with Crippen molar-refractivity contribution in [2.24, 2.45) is 0 Å². The third kappa shape index (κ3) is 3.68. The average Bonchev–Trinajstić information content (AvgIpc) is 2.33. The normalized spacial score (nSPS) is 12.1. The molecular formula is C13H22N2O3S. The van der Waals surface area contributed by atoms with Gasteiger partial charge in [-0.2, -0.15) is 4.31 Å². The number of benzene rings is 1. The smallest absolute Gasteiger partial charge is 0.243 e. The quantitative estimate of drug-likeness (QED) is 0.636. The summed E-state index contributed by atoms with van der Waals surface area (Å²) in [7, 11) is -1.97. The summed E-state index contributed by atoms with van der Waals surface area (Å²) in [5.41, 5.74) is 7.80. The first-order chi connectivity index (χ1) is 8.80. The molecule has 0 aromatic heterocycles. The minimum absolute atomic E-state index is 0.268. The van der Waals surface area contributed by atoms with Crippen LogP contribution in [0.5, 0.6) is 0 Å². The fourth-order valence-electron chi connectivity index (χ4n) is 1.75. The summed E-state index contributed by atoms with van der Waals surface area (Å²) in [5, 5.41) is 0. The number of nitrogen functional groups attached to an aromatic ring is 1. The van der Waals surface area contributed by atoms with Gasteiger partial charge in [0.2, 0.25) is 10.0 Å². The number of anilines is 1. The van der Waals surface area contributed by atoms with E-state index in [1.807, 2.05) is 13.8 Å². The second kappa shape index (κ2) is 6.36. The first kappa shape index (κ1) is 15.9. The van der Waals surface area contributed by atoms with Gasteiger partial charge in [0.15, 0.2) is 0 Å². The van der Waals surface area contributed by atoms with Gasteiger partial charge in [-0.3, -0.25) is 0 Å². The molecule has 108 valence electrons. The average molecular weight is 286 g/mol. The molecule has 0 amide bonds. The molecule has 0 saturated heterocycles. The highest BCUT2D eigenvalue weighted by molar-refractivity contribution is 7.89. The summed E-state index contributed by atoms with van der Waals surface area (Å²) >= 11 is 0. The predicted octanol–water partition coefficient (Wildman–Crippen LogP) is 1.54. The number of ether oxygens (including phenoxy) is 1. The summed E-state index contributed by atoms with van der Waals surface area (Å²) in [5.74, 6) is 0. The monoisotopic (exact) mass is 286 g/mol. The minimum atomic E-state index is -3.52. The molecule has 0 heterocycles. The Bertz CT molecular complexity index is 541. The van der Waals surface area contributed by atoms with Crippen LogP contribution in [0.1, 0.15) is 18.1 Å². The third-order valence-corrected chi connectivity index (χ3v) is 5.07. The van der Waals surface area contributed by atoms with Crippen molar-refractivity contribution in [3.8, 4) is 0 Å². The van der Waals surface area contributed by atoms with Crippen LogP contribution in [0.3, 0.4) is 0 Å². The highest BCUT2D eigenvalue weighted by Crippen LogP contribution is 2.24. The predicted molar refractivity (Wildman–Crippen MR) is 76.6 cm³/mol. The van der Waals surface area contributed by atoms with E-state index in [0.717, 1.165) is 11.1 Å². The molecule has 0 fully saturated rings. The molecule has 0 unspecified atom stereocenters. The number of aryl methyl sites for hydroxylation is 1. The lowest BCUT2D eigenvalue weighted by Crippen LogP contribution is -2.31. The van der Waals surface area contributed by atoms with Crippen LogP contribution in [0.25, 0.3) is 0 Å². The Morgan fingerprint density at radius 3 is 2.53 bits per heavy atom. The van der Waals surface area contributed by atoms with Crippen LogP contribution in [0.4, 0.5) is 5.69 Å². The molecule has 0 radical (unpaired) electrons. The second-order valence-electron chi connectivity index (χ2n) is 4.48. The van der Waals surface area contributed by atoms with Crippen LogP contribution in [0, 0.1) is 13.8 Å². The number of sulfonamides is 1. The van der Waals surface area contributed by atoms with Gasteiger partial charge in [0.25, 0.3) is 0 Å². The van der Waals surface area contributed by atoms with E-state index in [4.69, 9.17) is 10.5 Å².